The first-order valence-electron chi connectivity index (χ1n) is 16.0. The molecule has 0 bridgehead atoms. The highest BCUT2D eigenvalue weighted by molar-refractivity contribution is 5.72. The standard InChI is InChI=1S/C20H27N3O7.C12H20N2O4/c1-19(2,3)29-17(24)21-9-7-20(8-10-21)13-22(18(25)30-20)12-14-11-15(23(26)27)5-6-16(14)28-4;1-11(2,3)18-10(16)14-6-4-12(5-7-14)8-13-9(15)17-12/h5-6,11H,7-10,12-13H2,1-4H3;4-8H2,1-3H3,(H,13,15). The van der Waals surface area contributed by atoms with E-state index in [1.807, 2.05) is 41.5 Å². The molecule has 0 radical (unpaired) electrons. The summed E-state index contributed by atoms with van der Waals surface area (Å²) < 4.78 is 27.0. The first kappa shape index (κ1) is 36.3. The molecule has 0 atom stereocenters. The lowest BCUT2D eigenvalue weighted by molar-refractivity contribution is -0.385. The molecule has 4 aliphatic heterocycles. The molecular formula is C32H47N5O11. The molecule has 2 spiro atoms. The largest absolute Gasteiger partial charge is 0.496 e. The molecule has 16 heteroatoms. The van der Waals surface area contributed by atoms with Gasteiger partial charge in [-0.1, -0.05) is 0 Å². The lowest BCUT2D eigenvalue weighted by Gasteiger charge is -2.37. The summed E-state index contributed by atoms with van der Waals surface area (Å²) in [5.74, 6) is 0.467. The molecule has 0 aliphatic carbocycles. The normalized spacial score (nSPS) is 19.9. The van der Waals surface area contributed by atoms with Gasteiger partial charge in [-0.2, -0.15) is 0 Å². The van der Waals surface area contributed by atoms with Crippen molar-refractivity contribution in [3.8, 4) is 5.75 Å². The predicted octanol–water partition coefficient (Wildman–Crippen LogP) is 4.82. The van der Waals surface area contributed by atoms with Gasteiger partial charge in [0.25, 0.3) is 5.69 Å². The Morgan fingerprint density at radius 2 is 1.42 bits per heavy atom. The van der Waals surface area contributed by atoms with Crippen LogP contribution in [0.15, 0.2) is 18.2 Å². The second kappa shape index (κ2) is 13.9. The van der Waals surface area contributed by atoms with Crippen LogP contribution in [0.4, 0.5) is 24.9 Å². The molecule has 1 aromatic rings. The Bertz CT molecular complexity index is 1390. The van der Waals surface area contributed by atoms with Gasteiger partial charge in [0.1, 0.15) is 28.2 Å². The van der Waals surface area contributed by atoms with E-state index in [1.54, 1.807) is 9.80 Å². The summed E-state index contributed by atoms with van der Waals surface area (Å²) in [6.07, 6.45) is 0.807. The second-order valence-electron chi connectivity index (χ2n) is 14.5. The van der Waals surface area contributed by atoms with Crippen molar-refractivity contribution in [2.24, 2.45) is 0 Å². The number of alkyl carbamates (subject to hydrolysis) is 1. The van der Waals surface area contributed by atoms with Gasteiger partial charge < -0.3 is 38.8 Å². The summed E-state index contributed by atoms with van der Waals surface area (Å²) in [5.41, 5.74) is -1.68. The number of piperidine rings is 2. The molecule has 5 rings (SSSR count). The minimum absolute atomic E-state index is 0.0706. The van der Waals surface area contributed by atoms with E-state index in [-0.39, 0.29) is 30.5 Å². The zero-order valence-corrected chi connectivity index (χ0v) is 28.8. The van der Waals surface area contributed by atoms with Crippen LogP contribution in [0.3, 0.4) is 0 Å². The van der Waals surface area contributed by atoms with Gasteiger partial charge in [0.15, 0.2) is 0 Å². The molecule has 4 saturated heterocycles. The summed E-state index contributed by atoms with van der Waals surface area (Å²) in [6.45, 7) is 14.0. The fraction of sp³-hybridized carbons (Fsp3) is 0.688. The minimum atomic E-state index is -0.677. The third-order valence-corrected chi connectivity index (χ3v) is 8.39. The number of hydrogen-bond acceptors (Lipinski definition) is 11. The number of amides is 4. The van der Waals surface area contributed by atoms with Gasteiger partial charge in [-0.05, 0) is 47.6 Å². The number of carbonyl (C=O) groups excluding carboxylic acids is 4. The molecule has 4 amide bonds. The van der Waals surface area contributed by atoms with Gasteiger partial charge in [0.2, 0.25) is 0 Å². The summed E-state index contributed by atoms with van der Waals surface area (Å²) >= 11 is 0. The van der Waals surface area contributed by atoms with Crippen LogP contribution in [0.5, 0.6) is 5.75 Å². The number of methoxy groups -OCH3 is 1. The van der Waals surface area contributed by atoms with E-state index < -0.39 is 33.4 Å². The van der Waals surface area contributed by atoms with Gasteiger partial charge in [0, 0.05) is 69.6 Å². The first-order chi connectivity index (χ1) is 22.3. The molecule has 1 aromatic carbocycles. The van der Waals surface area contributed by atoms with Gasteiger partial charge in [0.05, 0.1) is 31.7 Å². The lowest BCUT2D eigenvalue weighted by atomic mass is 9.91. The van der Waals surface area contributed by atoms with E-state index in [0.717, 1.165) is 0 Å². The summed E-state index contributed by atoms with van der Waals surface area (Å²) in [4.78, 5) is 63.1. The number of nitro groups is 1. The van der Waals surface area contributed by atoms with Crippen molar-refractivity contribution in [2.45, 2.75) is 96.2 Å². The number of nitro benzene ring substituents is 1. The summed E-state index contributed by atoms with van der Waals surface area (Å²) in [5, 5.41) is 13.8. The average molecular weight is 678 g/mol. The Labute approximate surface area is 280 Å². The van der Waals surface area contributed by atoms with Crippen molar-refractivity contribution in [2.75, 3.05) is 46.4 Å². The van der Waals surface area contributed by atoms with E-state index in [2.05, 4.69) is 5.32 Å². The Morgan fingerprint density at radius 1 is 0.896 bits per heavy atom. The summed E-state index contributed by atoms with van der Waals surface area (Å²) in [6, 6.07) is 4.28. The fourth-order valence-electron chi connectivity index (χ4n) is 5.91. The molecule has 0 aromatic heterocycles. The molecule has 4 fully saturated rings. The number of likely N-dealkylation sites (tertiary alicyclic amines) is 2. The van der Waals surface area contributed by atoms with E-state index >= 15 is 0 Å². The molecule has 0 saturated carbocycles. The third kappa shape index (κ3) is 9.31. The SMILES string of the molecule is CC(C)(C)OC(=O)N1CCC2(CC1)CNC(=O)O2.COc1ccc([N+](=O)[O-])cc1CN1CC2(CCN(C(=O)OC(C)(C)C)CC2)OC1=O. The average Bonchev–Trinajstić information content (AvgIpc) is 3.49. The zero-order valence-electron chi connectivity index (χ0n) is 28.8. The Balaban J connectivity index is 0.000000246. The van der Waals surface area contributed by atoms with Crippen LogP contribution in [-0.4, -0.2) is 113 Å². The Kier molecular flexibility index (Phi) is 10.5. The van der Waals surface area contributed by atoms with Crippen LogP contribution in [0.25, 0.3) is 0 Å². The molecule has 0 unspecified atom stereocenters. The van der Waals surface area contributed by atoms with Crippen LogP contribution in [0, 0.1) is 10.1 Å². The first-order valence-corrected chi connectivity index (χ1v) is 16.0. The maximum absolute atomic E-state index is 12.5. The molecular weight excluding hydrogens is 630 g/mol. The highest BCUT2D eigenvalue weighted by atomic mass is 16.6. The maximum Gasteiger partial charge on any atom is 0.410 e. The second-order valence-corrected chi connectivity index (χ2v) is 14.5. The van der Waals surface area contributed by atoms with Crippen molar-refractivity contribution in [3.63, 3.8) is 0 Å². The monoisotopic (exact) mass is 677 g/mol. The highest BCUT2D eigenvalue weighted by Crippen LogP contribution is 2.36. The van der Waals surface area contributed by atoms with Gasteiger partial charge in [-0.3, -0.25) is 15.0 Å². The lowest BCUT2D eigenvalue weighted by Crippen LogP contribution is -2.49. The highest BCUT2D eigenvalue weighted by Gasteiger charge is 2.48. The van der Waals surface area contributed by atoms with E-state index in [4.69, 9.17) is 23.7 Å². The number of rotatable bonds is 4. The minimum Gasteiger partial charge on any atom is -0.496 e. The van der Waals surface area contributed by atoms with Crippen LogP contribution >= 0.6 is 0 Å². The van der Waals surface area contributed by atoms with Crippen LogP contribution in [0.2, 0.25) is 0 Å². The van der Waals surface area contributed by atoms with E-state index in [1.165, 1.54) is 30.2 Å². The van der Waals surface area contributed by atoms with Crippen LogP contribution in [-0.2, 0) is 25.5 Å². The number of nitrogens with zero attached hydrogens (tertiary/aromatic N) is 4. The summed E-state index contributed by atoms with van der Waals surface area (Å²) in [7, 11) is 1.47. The van der Waals surface area contributed by atoms with Crippen molar-refractivity contribution >= 4 is 30.1 Å². The number of nitrogens with one attached hydrogen (secondary N) is 1. The number of non-ortho nitro benzene ring substituents is 1. The van der Waals surface area contributed by atoms with Crippen molar-refractivity contribution in [1.29, 1.82) is 0 Å². The van der Waals surface area contributed by atoms with E-state index in [0.29, 0.717) is 76.3 Å². The smallest absolute Gasteiger partial charge is 0.410 e. The molecule has 48 heavy (non-hydrogen) atoms. The maximum atomic E-state index is 12.5. The van der Waals surface area contributed by atoms with Crippen molar-refractivity contribution in [3.05, 3.63) is 33.9 Å². The molecule has 266 valence electrons. The van der Waals surface area contributed by atoms with Crippen LogP contribution < -0.4 is 10.1 Å². The topological polar surface area (TPSA) is 179 Å². The Hall–Kier alpha value is -4.50. The van der Waals surface area contributed by atoms with Gasteiger partial charge in [-0.25, -0.2) is 19.2 Å². The van der Waals surface area contributed by atoms with Crippen molar-refractivity contribution in [1.82, 2.24) is 20.0 Å². The number of ether oxygens (including phenoxy) is 5. The Morgan fingerprint density at radius 3 is 1.85 bits per heavy atom. The zero-order chi connectivity index (χ0) is 35.5. The van der Waals surface area contributed by atoms with Gasteiger partial charge in [-0.15, -0.1) is 0 Å². The number of benzene rings is 1. The molecule has 4 heterocycles. The molecule has 16 nitrogen and oxygen atoms in total. The number of carbonyl (C=O) groups is 4. The van der Waals surface area contributed by atoms with E-state index in [9.17, 15) is 29.3 Å². The molecule has 4 aliphatic rings. The van der Waals surface area contributed by atoms with Crippen molar-refractivity contribution < 1.29 is 47.8 Å². The fourth-order valence-corrected chi connectivity index (χ4v) is 5.91. The molecule has 1 N–H and O–H groups in total. The predicted molar refractivity (Wildman–Crippen MR) is 171 cm³/mol. The van der Waals surface area contributed by atoms with Crippen LogP contribution in [0.1, 0.15) is 72.8 Å². The van der Waals surface area contributed by atoms with Gasteiger partial charge >= 0.3 is 24.4 Å². The third-order valence-electron chi connectivity index (χ3n) is 8.39. The quantitative estimate of drug-likeness (QED) is 0.262. The number of hydrogen-bond donors (Lipinski definition) is 1.